The van der Waals surface area contributed by atoms with Gasteiger partial charge in [0.25, 0.3) is 6.43 Å². The molecule has 2 fully saturated rings. The van der Waals surface area contributed by atoms with Crippen LogP contribution in [0.2, 0.25) is 0 Å². The number of rotatable bonds is 4. The molecule has 16 heavy (non-hydrogen) atoms. The number of carbonyl (C=O) groups is 1. The minimum absolute atomic E-state index is 0.126. The standard InChI is InChI=1S/C11H18F2N2O/c1-7(2)5-9-14-11(3-4-11)10(16)15(9)6-8(12)13/h7-9,14H,3-6H2,1-2H3. The van der Waals surface area contributed by atoms with Crippen LogP contribution in [-0.4, -0.2) is 35.5 Å². The van der Waals surface area contributed by atoms with Crippen LogP contribution >= 0.6 is 0 Å². The zero-order valence-corrected chi connectivity index (χ0v) is 9.67. The van der Waals surface area contributed by atoms with Crippen molar-refractivity contribution in [2.45, 2.75) is 51.2 Å². The third kappa shape index (κ3) is 2.05. The molecule has 1 N–H and O–H groups in total. The third-order valence-electron chi connectivity index (χ3n) is 3.27. The second-order valence-corrected chi connectivity index (χ2v) is 5.22. The van der Waals surface area contributed by atoms with Crippen LogP contribution < -0.4 is 5.32 Å². The van der Waals surface area contributed by atoms with Gasteiger partial charge in [0, 0.05) is 0 Å². The van der Waals surface area contributed by atoms with Crippen molar-refractivity contribution in [3.05, 3.63) is 0 Å². The molecule has 1 saturated carbocycles. The zero-order chi connectivity index (χ0) is 11.9. The van der Waals surface area contributed by atoms with Gasteiger partial charge in [-0.15, -0.1) is 0 Å². The summed E-state index contributed by atoms with van der Waals surface area (Å²) < 4.78 is 24.8. The summed E-state index contributed by atoms with van der Waals surface area (Å²) in [5.74, 6) is 0.262. The first kappa shape index (κ1) is 11.8. The van der Waals surface area contributed by atoms with E-state index in [2.05, 4.69) is 5.32 Å². The van der Waals surface area contributed by atoms with Gasteiger partial charge in [0.05, 0.1) is 18.2 Å². The highest BCUT2D eigenvalue weighted by Gasteiger charge is 2.59. The summed E-state index contributed by atoms with van der Waals surface area (Å²) in [6, 6.07) is 0. The highest BCUT2D eigenvalue weighted by atomic mass is 19.3. The lowest BCUT2D eigenvalue weighted by molar-refractivity contribution is -0.132. The van der Waals surface area contributed by atoms with Gasteiger partial charge < -0.3 is 4.90 Å². The number of nitrogens with one attached hydrogen (secondary N) is 1. The van der Waals surface area contributed by atoms with Gasteiger partial charge in [0.15, 0.2) is 0 Å². The largest absolute Gasteiger partial charge is 0.320 e. The van der Waals surface area contributed by atoms with Gasteiger partial charge in [0.2, 0.25) is 5.91 Å². The average Bonchev–Trinajstić information content (AvgIpc) is 2.87. The Morgan fingerprint density at radius 2 is 2.12 bits per heavy atom. The molecule has 0 aromatic carbocycles. The van der Waals surface area contributed by atoms with Crippen molar-refractivity contribution in [2.75, 3.05) is 6.54 Å². The van der Waals surface area contributed by atoms with E-state index in [0.29, 0.717) is 5.92 Å². The highest BCUT2D eigenvalue weighted by Crippen LogP contribution is 2.43. The maximum Gasteiger partial charge on any atom is 0.255 e. The number of nitrogens with zero attached hydrogens (tertiary/aromatic N) is 1. The molecule has 0 aromatic rings. The summed E-state index contributed by atoms with van der Waals surface area (Å²) in [4.78, 5) is 13.3. The molecule has 1 aliphatic heterocycles. The Hall–Kier alpha value is -0.710. The number of hydrogen-bond donors (Lipinski definition) is 1. The van der Waals surface area contributed by atoms with Crippen molar-refractivity contribution >= 4 is 5.91 Å². The summed E-state index contributed by atoms with van der Waals surface area (Å²) in [6.45, 7) is 3.63. The van der Waals surface area contributed by atoms with E-state index >= 15 is 0 Å². The van der Waals surface area contributed by atoms with Crippen LogP contribution in [0, 0.1) is 5.92 Å². The van der Waals surface area contributed by atoms with Crippen LogP contribution in [0.25, 0.3) is 0 Å². The average molecular weight is 232 g/mol. The fraction of sp³-hybridized carbons (Fsp3) is 0.909. The SMILES string of the molecule is CC(C)CC1NC2(CC2)C(=O)N1CC(F)F. The van der Waals surface area contributed by atoms with Crippen molar-refractivity contribution in [3.8, 4) is 0 Å². The molecule has 0 bridgehead atoms. The number of halogens is 2. The van der Waals surface area contributed by atoms with Crippen molar-refractivity contribution in [2.24, 2.45) is 5.92 Å². The lowest BCUT2D eigenvalue weighted by Gasteiger charge is -2.25. The molecule has 0 radical (unpaired) electrons. The molecular weight excluding hydrogens is 214 g/mol. The maximum atomic E-state index is 12.4. The van der Waals surface area contributed by atoms with Crippen LogP contribution in [0.3, 0.4) is 0 Å². The number of alkyl halides is 2. The minimum atomic E-state index is -2.45. The topological polar surface area (TPSA) is 32.3 Å². The lowest BCUT2D eigenvalue weighted by Crippen LogP contribution is -2.41. The number of amides is 1. The smallest absolute Gasteiger partial charge is 0.255 e. The van der Waals surface area contributed by atoms with E-state index in [0.717, 1.165) is 19.3 Å². The van der Waals surface area contributed by atoms with Gasteiger partial charge >= 0.3 is 0 Å². The minimum Gasteiger partial charge on any atom is -0.320 e. The summed E-state index contributed by atoms with van der Waals surface area (Å²) in [6.07, 6.45) is -0.334. The van der Waals surface area contributed by atoms with Crippen molar-refractivity contribution in [1.29, 1.82) is 0 Å². The lowest BCUT2D eigenvalue weighted by atomic mass is 10.1. The molecule has 1 heterocycles. The molecular formula is C11H18F2N2O. The number of hydrogen-bond acceptors (Lipinski definition) is 2. The molecule has 1 aliphatic carbocycles. The van der Waals surface area contributed by atoms with Crippen molar-refractivity contribution in [1.82, 2.24) is 10.2 Å². The van der Waals surface area contributed by atoms with E-state index in [1.54, 1.807) is 0 Å². The second kappa shape index (κ2) is 3.95. The Labute approximate surface area is 94.2 Å². The van der Waals surface area contributed by atoms with Gasteiger partial charge in [-0.05, 0) is 25.2 Å². The first-order valence-electron chi connectivity index (χ1n) is 5.81. The van der Waals surface area contributed by atoms with Gasteiger partial charge in [0.1, 0.15) is 0 Å². The highest BCUT2D eigenvalue weighted by molar-refractivity contribution is 5.91. The Kier molecular flexibility index (Phi) is 2.90. The van der Waals surface area contributed by atoms with Crippen LogP contribution in [0.5, 0.6) is 0 Å². The maximum absolute atomic E-state index is 12.4. The monoisotopic (exact) mass is 232 g/mol. The van der Waals surface area contributed by atoms with Crippen LogP contribution in [-0.2, 0) is 4.79 Å². The second-order valence-electron chi connectivity index (χ2n) is 5.22. The molecule has 2 aliphatic rings. The van der Waals surface area contributed by atoms with Crippen LogP contribution in [0.4, 0.5) is 8.78 Å². The summed E-state index contributed by atoms with van der Waals surface area (Å²) >= 11 is 0. The van der Waals surface area contributed by atoms with Gasteiger partial charge in [-0.3, -0.25) is 10.1 Å². The molecule has 2 rings (SSSR count). The fourth-order valence-electron chi connectivity index (χ4n) is 2.35. The normalized spacial score (nSPS) is 27.5. The van der Waals surface area contributed by atoms with E-state index in [1.165, 1.54) is 4.90 Å². The van der Waals surface area contributed by atoms with E-state index in [-0.39, 0.29) is 12.1 Å². The quantitative estimate of drug-likeness (QED) is 0.798. The Bertz CT molecular complexity index is 290. The molecule has 92 valence electrons. The van der Waals surface area contributed by atoms with Crippen LogP contribution in [0.1, 0.15) is 33.1 Å². The molecule has 1 unspecified atom stereocenters. The molecule has 1 saturated heterocycles. The first-order chi connectivity index (χ1) is 7.44. The summed E-state index contributed by atoms with van der Waals surface area (Å²) in [5.41, 5.74) is -0.478. The molecule has 1 spiro atoms. The summed E-state index contributed by atoms with van der Waals surface area (Å²) in [5, 5.41) is 3.22. The molecule has 3 nitrogen and oxygen atoms in total. The van der Waals surface area contributed by atoms with E-state index < -0.39 is 18.5 Å². The predicted molar refractivity (Wildman–Crippen MR) is 56.1 cm³/mol. The molecule has 5 heteroatoms. The summed E-state index contributed by atoms with van der Waals surface area (Å²) in [7, 11) is 0. The molecule has 1 amide bonds. The fourth-order valence-corrected chi connectivity index (χ4v) is 2.35. The molecule has 1 atom stereocenters. The zero-order valence-electron chi connectivity index (χ0n) is 9.67. The number of carbonyl (C=O) groups excluding carboxylic acids is 1. The van der Waals surface area contributed by atoms with Gasteiger partial charge in [-0.25, -0.2) is 8.78 Å². The Morgan fingerprint density at radius 3 is 2.56 bits per heavy atom. The Morgan fingerprint density at radius 1 is 1.50 bits per heavy atom. The van der Waals surface area contributed by atoms with E-state index in [1.807, 2.05) is 13.8 Å². The Balaban J connectivity index is 2.07. The van der Waals surface area contributed by atoms with Gasteiger partial charge in [-0.1, -0.05) is 13.8 Å². The predicted octanol–water partition coefficient (Wildman–Crippen LogP) is 1.59. The molecule has 0 aromatic heterocycles. The van der Waals surface area contributed by atoms with Gasteiger partial charge in [-0.2, -0.15) is 0 Å². The first-order valence-corrected chi connectivity index (χ1v) is 5.81. The van der Waals surface area contributed by atoms with Crippen molar-refractivity contribution in [3.63, 3.8) is 0 Å². The van der Waals surface area contributed by atoms with Crippen molar-refractivity contribution < 1.29 is 13.6 Å². The van der Waals surface area contributed by atoms with E-state index in [4.69, 9.17) is 0 Å². The third-order valence-corrected chi connectivity index (χ3v) is 3.27. The van der Waals surface area contributed by atoms with Crippen LogP contribution in [0.15, 0.2) is 0 Å². The van der Waals surface area contributed by atoms with E-state index in [9.17, 15) is 13.6 Å².